The Morgan fingerprint density at radius 3 is 2.68 bits per heavy atom. The van der Waals surface area contributed by atoms with Gasteiger partial charge in [0.2, 0.25) is 5.28 Å². The highest BCUT2D eigenvalue weighted by Gasteiger charge is 2.31. The van der Waals surface area contributed by atoms with Crippen LogP contribution in [0.4, 0.5) is 24.8 Å². The number of fused-ring (bicyclic) bond motifs is 2. The van der Waals surface area contributed by atoms with E-state index in [1.165, 1.54) is 17.0 Å². The Balaban J connectivity index is 1.57. The second-order valence-corrected chi connectivity index (χ2v) is 11.9. The van der Waals surface area contributed by atoms with Gasteiger partial charge in [-0.2, -0.15) is 15.2 Å². The molecule has 14 heteroatoms. The predicted octanol–water partition coefficient (Wildman–Crippen LogP) is 6.11. The number of thiophene rings is 1. The number of hydrogen-bond donors (Lipinski definition) is 2. The molecule has 11 nitrogen and oxygen atoms in total. The Labute approximate surface area is 243 Å². The van der Waals surface area contributed by atoms with Crippen LogP contribution in [0.5, 0.6) is 0 Å². The Hall–Kier alpha value is -4.28. The molecule has 1 aromatic carbocycles. The molecule has 0 spiro atoms. The topological polar surface area (TPSA) is 145 Å². The van der Waals surface area contributed by atoms with Crippen LogP contribution in [0.3, 0.4) is 0 Å². The number of amides is 2. The van der Waals surface area contributed by atoms with Crippen molar-refractivity contribution in [1.29, 1.82) is 5.26 Å². The summed E-state index contributed by atoms with van der Waals surface area (Å²) in [5.74, 6) is -0.0536. The zero-order valence-corrected chi connectivity index (χ0v) is 24.1. The van der Waals surface area contributed by atoms with Crippen molar-refractivity contribution < 1.29 is 23.8 Å². The number of benzene rings is 1. The van der Waals surface area contributed by atoms with E-state index in [4.69, 9.17) is 16.3 Å². The van der Waals surface area contributed by atoms with E-state index in [1.807, 2.05) is 11.9 Å². The van der Waals surface area contributed by atoms with Crippen LogP contribution in [0.1, 0.15) is 32.8 Å². The molecule has 4 aromatic rings. The molecular weight excluding hydrogens is 573 g/mol. The summed E-state index contributed by atoms with van der Waals surface area (Å²) in [7, 11) is 1.81. The van der Waals surface area contributed by atoms with E-state index >= 15 is 0 Å². The van der Waals surface area contributed by atoms with Crippen LogP contribution in [0, 0.1) is 17.1 Å². The molecule has 1 saturated heterocycles. The number of nitrogens with one attached hydrogen (secondary N) is 1. The molecule has 0 saturated carbocycles. The quantitative estimate of drug-likeness (QED) is 0.266. The average molecular weight is 598 g/mol. The van der Waals surface area contributed by atoms with E-state index in [1.54, 1.807) is 32.9 Å². The number of carbonyl (C=O) groups is 2. The molecule has 2 amide bonds. The summed E-state index contributed by atoms with van der Waals surface area (Å²) in [5.41, 5.74) is 0.462. The van der Waals surface area contributed by atoms with Crippen molar-refractivity contribution >= 4 is 67.1 Å². The number of halogens is 2. The third-order valence-electron chi connectivity index (χ3n) is 6.62. The van der Waals surface area contributed by atoms with Crippen LogP contribution in [0.25, 0.3) is 32.4 Å². The molecule has 2 N–H and O–H groups in total. The molecule has 5 rings (SSSR count). The second-order valence-electron chi connectivity index (χ2n) is 10.5. The number of ether oxygens (including phenoxy) is 1. The predicted molar refractivity (Wildman–Crippen MR) is 154 cm³/mol. The number of hydrogen-bond acceptors (Lipinski definition) is 9. The first-order valence-corrected chi connectivity index (χ1v) is 13.8. The van der Waals surface area contributed by atoms with Gasteiger partial charge < -0.3 is 19.6 Å². The zero-order valence-electron chi connectivity index (χ0n) is 22.5. The maximum atomic E-state index is 14.9. The fourth-order valence-corrected chi connectivity index (χ4v) is 6.00. The summed E-state index contributed by atoms with van der Waals surface area (Å²) in [4.78, 5) is 40.4. The Bertz CT molecular complexity index is 1750. The molecule has 0 radical (unpaired) electrons. The van der Waals surface area contributed by atoms with Crippen molar-refractivity contribution in [1.82, 2.24) is 19.9 Å². The number of likely N-dealkylation sites (tertiary alicyclic amines) is 1. The Morgan fingerprint density at radius 2 is 2.02 bits per heavy atom. The maximum absolute atomic E-state index is 14.9. The molecule has 1 aliphatic heterocycles. The van der Waals surface area contributed by atoms with E-state index in [-0.39, 0.29) is 32.2 Å². The lowest BCUT2D eigenvalue weighted by atomic mass is 10.0. The third-order valence-corrected chi connectivity index (χ3v) is 7.90. The number of nitrogens with zero attached hydrogens (tertiary/aromatic N) is 6. The molecule has 1 unspecified atom stereocenters. The molecule has 1 fully saturated rings. The molecule has 41 heavy (non-hydrogen) atoms. The van der Waals surface area contributed by atoms with Crippen LogP contribution in [0.2, 0.25) is 5.28 Å². The van der Waals surface area contributed by atoms with Gasteiger partial charge in [-0.1, -0.05) is 0 Å². The number of likely N-dealkylation sites (N-methyl/N-ethyl adjacent to an activating group) is 1. The van der Waals surface area contributed by atoms with Crippen LogP contribution in [0.15, 0.2) is 24.3 Å². The summed E-state index contributed by atoms with van der Waals surface area (Å²) >= 11 is 7.21. The van der Waals surface area contributed by atoms with Crippen LogP contribution < -0.4 is 10.2 Å². The van der Waals surface area contributed by atoms with Gasteiger partial charge in [0.1, 0.15) is 28.3 Å². The summed E-state index contributed by atoms with van der Waals surface area (Å²) < 4.78 is 20.4. The molecule has 1 atom stereocenters. The third kappa shape index (κ3) is 5.53. The highest BCUT2D eigenvalue weighted by molar-refractivity contribution is 7.23. The second kappa shape index (κ2) is 10.6. The molecule has 1 aliphatic rings. The summed E-state index contributed by atoms with van der Waals surface area (Å²) in [6.07, 6.45) is -1.11. The number of carboxylic acid groups (broad SMARTS) is 1. The molecule has 3 aromatic heterocycles. The first-order chi connectivity index (χ1) is 19.4. The van der Waals surface area contributed by atoms with E-state index in [2.05, 4.69) is 26.3 Å². The van der Waals surface area contributed by atoms with E-state index in [9.17, 15) is 24.3 Å². The van der Waals surface area contributed by atoms with Crippen LogP contribution in [-0.4, -0.2) is 68.9 Å². The van der Waals surface area contributed by atoms with E-state index in [0.717, 1.165) is 11.3 Å². The number of rotatable bonds is 4. The highest BCUT2D eigenvalue weighted by atomic mass is 35.5. The van der Waals surface area contributed by atoms with Crippen molar-refractivity contribution in [3.05, 3.63) is 40.9 Å². The van der Waals surface area contributed by atoms with Gasteiger partial charge in [-0.05, 0) is 63.1 Å². The SMILES string of the molecule is CN(c1nc(Cl)nc2nc(-c3ccc(F)c4sc(NC(=O)OC(C)(C)C)c(C#N)c34)ccc12)C1CCN(C(=O)O)C1. The van der Waals surface area contributed by atoms with Crippen LogP contribution in [-0.2, 0) is 4.74 Å². The first-order valence-electron chi connectivity index (χ1n) is 12.6. The van der Waals surface area contributed by atoms with Crippen molar-refractivity contribution in [3.8, 4) is 17.3 Å². The molecule has 4 heterocycles. The van der Waals surface area contributed by atoms with E-state index in [0.29, 0.717) is 47.4 Å². The molecule has 0 bridgehead atoms. The average Bonchev–Trinajstić information content (AvgIpc) is 3.52. The number of aromatic nitrogens is 3. The summed E-state index contributed by atoms with van der Waals surface area (Å²) in [5, 5.41) is 22.9. The van der Waals surface area contributed by atoms with E-state index < -0.39 is 23.6 Å². The number of pyridine rings is 1. The maximum Gasteiger partial charge on any atom is 0.412 e. The highest BCUT2D eigenvalue weighted by Crippen LogP contribution is 2.42. The van der Waals surface area contributed by atoms with Crippen molar-refractivity contribution in [2.75, 3.05) is 30.4 Å². The van der Waals surface area contributed by atoms with Gasteiger partial charge in [-0.15, -0.1) is 11.3 Å². The monoisotopic (exact) mass is 597 g/mol. The normalized spacial score (nSPS) is 15.2. The first kappa shape index (κ1) is 28.3. The van der Waals surface area contributed by atoms with Crippen LogP contribution >= 0.6 is 22.9 Å². The minimum absolute atomic E-state index is 0.0431. The molecule has 0 aliphatic carbocycles. The minimum Gasteiger partial charge on any atom is -0.465 e. The van der Waals surface area contributed by atoms with Gasteiger partial charge >= 0.3 is 12.2 Å². The Kier molecular flexibility index (Phi) is 7.31. The molecule has 212 valence electrons. The molecular formula is C27H25ClFN7O4S. The smallest absolute Gasteiger partial charge is 0.412 e. The largest absolute Gasteiger partial charge is 0.465 e. The lowest BCUT2D eigenvalue weighted by molar-refractivity contribution is 0.0636. The summed E-state index contributed by atoms with van der Waals surface area (Å²) in [6, 6.07) is 8.24. The standard InChI is InChI=1S/C27H25ClFN7O4S/c1-27(2,3)40-25(37)34-23-16(11-30)19-14(5-7-17(29)20(19)41-23)18-8-6-15-21(31-18)32-24(28)33-22(15)35(4)13-9-10-36(12-13)26(38)39/h5-8,13H,9-10,12H2,1-4H3,(H,34,37)(H,38,39). The number of anilines is 2. The minimum atomic E-state index is -0.974. The van der Waals surface area contributed by atoms with Crippen molar-refractivity contribution in [2.45, 2.75) is 38.8 Å². The number of carbonyl (C=O) groups excluding carboxylic acids is 1. The summed E-state index contributed by atoms with van der Waals surface area (Å²) in [6.45, 7) is 5.87. The fraction of sp³-hybridized carbons (Fsp3) is 0.333. The van der Waals surface area contributed by atoms with Gasteiger partial charge in [0.15, 0.2) is 5.65 Å². The fourth-order valence-electron chi connectivity index (χ4n) is 4.77. The van der Waals surface area contributed by atoms with Gasteiger partial charge in [-0.25, -0.2) is 19.0 Å². The number of nitriles is 1. The van der Waals surface area contributed by atoms with Gasteiger partial charge in [-0.3, -0.25) is 5.32 Å². The van der Waals surface area contributed by atoms with Crippen molar-refractivity contribution in [3.63, 3.8) is 0 Å². The van der Waals surface area contributed by atoms with Gasteiger partial charge in [0, 0.05) is 37.1 Å². The van der Waals surface area contributed by atoms with Gasteiger partial charge in [0.05, 0.1) is 21.3 Å². The lowest BCUT2D eigenvalue weighted by Crippen LogP contribution is -2.36. The Morgan fingerprint density at radius 1 is 1.27 bits per heavy atom. The van der Waals surface area contributed by atoms with Crippen molar-refractivity contribution in [2.24, 2.45) is 0 Å². The van der Waals surface area contributed by atoms with Gasteiger partial charge in [0.25, 0.3) is 0 Å². The lowest BCUT2D eigenvalue weighted by Gasteiger charge is -2.26. The zero-order chi connectivity index (χ0) is 29.6.